The van der Waals surface area contributed by atoms with Crippen LogP contribution in [0.4, 0.5) is 0 Å². The summed E-state index contributed by atoms with van der Waals surface area (Å²) in [6, 6.07) is 5.32. The van der Waals surface area contributed by atoms with Crippen LogP contribution >= 0.6 is 0 Å². The highest BCUT2D eigenvalue weighted by Gasteiger charge is 2.15. The minimum absolute atomic E-state index is 0.0651. The Morgan fingerprint density at radius 3 is 2.21 bits per heavy atom. The average molecular weight is 340 g/mol. The van der Waals surface area contributed by atoms with Crippen LogP contribution in [-0.4, -0.2) is 60.7 Å². The third kappa shape index (κ3) is 7.21. The predicted molar refractivity (Wildman–Crippen MR) is 81.8 cm³/mol. The molecule has 0 saturated heterocycles. The quantitative estimate of drug-likeness (QED) is 0.602. The minimum Gasteiger partial charge on any atom is -0.478 e. The molecule has 0 amide bonds. The van der Waals surface area contributed by atoms with Crippen molar-refractivity contribution in [3.05, 3.63) is 35.4 Å². The van der Waals surface area contributed by atoms with E-state index in [1.54, 1.807) is 0 Å². The lowest BCUT2D eigenvalue weighted by molar-refractivity contribution is -0.142. The highest BCUT2D eigenvalue weighted by Crippen LogP contribution is 2.08. The summed E-state index contributed by atoms with van der Waals surface area (Å²) < 4.78 is 15.2. The molecule has 1 aromatic carbocycles. The second-order valence-corrected chi connectivity index (χ2v) is 4.83. The molecule has 0 aromatic heterocycles. The van der Waals surface area contributed by atoms with Crippen molar-refractivity contribution in [2.24, 2.45) is 0 Å². The fourth-order valence-corrected chi connectivity index (χ4v) is 1.77. The van der Waals surface area contributed by atoms with Crippen molar-refractivity contribution in [1.82, 2.24) is 0 Å². The number of carbonyl (C=O) groups excluding carboxylic acids is 2. The van der Waals surface area contributed by atoms with E-state index < -0.39 is 24.0 Å². The maximum atomic E-state index is 11.9. The summed E-state index contributed by atoms with van der Waals surface area (Å²) in [5.41, 5.74) is 0.276. The normalized spacial score (nSPS) is 11.6. The number of rotatable bonds is 10. The van der Waals surface area contributed by atoms with E-state index in [1.165, 1.54) is 31.2 Å². The smallest absolute Gasteiger partial charge is 0.338 e. The molecule has 1 rings (SSSR count). The summed E-state index contributed by atoms with van der Waals surface area (Å²) >= 11 is 0. The Kier molecular flexibility index (Phi) is 8.45. The second-order valence-electron chi connectivity index (χ2n) is 4.83. The highest BCUT2D eigenvalue weighted by molar-refractivity contribution is 5.92. The number of hydrogen-bond acceptors (Lipinski definition) is 7. The Morgan fingerprint density at radius 2 is 1.67 bits per heavy atom. The molecule has 0 fully saturated rings. The second kappa shape index (κ2) is 10.3. The van der Waals surface area contributed by atoms with Crippen LogP contribution in [0.5, 0.6) is 0 Å². The van der Waals surface area contributed by atoms with Crippen molar-refractivity contribution in [3.63, 3.8) is 0 Å². The Bertz CT molecular complexity index is 552. The lowest BCUT2D eigenvalue weighted by Gasteiger charge is -2.17. The number of carbonyl (C=O) groups is 3. The summed E-state index contributed by atoms with van der Waals surface area (Å²) in [4.78, 5) is 33.4. The molecule has 1 atom stereocenters. The van der Waals surface area contributed by atoms with Gasteiger partial charge in [0.15, 0.2) is 0 Å². The van der Waals surface area contributed by atoms with Crippen LogP contribution < -0.4 is 0 Å². The molecule has 0 bridgehead atoms. The number of esters is 2. The molecule has 0 saturated carbocycles. The number of ether oxygens (including phenoxy) is 3. The molecule has 0 aliphatic heterocycles. The Hall–Kier alpha value is -2.45. The molecule has 0 aliphatic rings. The van der Waals surface area contributed by atoms with Gasteiger partial charge in [-0.1, -0.05) is 0 Å². The zero-order chi connectivity index (χ0) is 17.9. The van der Waals surface area contributed by atoms with Crippen LogP contribution in [0.25, 0.3) is 0 Å². The number of aromatic carboxylic acids is 1. The topological polar surface area (TPSA) is 119 Å². The predicted octanol–water partition coefficient (Wildman–Crippen LogP) is 0.872. The van der Waals surface area contributed by atoms with Gasteiger partial charge in [-0.2, -0.15) is 0 Å². The van der Waals surface area contributed by atoms with Crippen molar-refractivity contribution in [2.75, 3.05) is 26.4 Å². The first-order chi connectivity index (χ1) is 11.4. The van der Waals surface area contributed by atoms with Gasteiger partial charge in [0.25, 0.3) is 0 Å². The zero-order valence-electron chi connectivity index (χ0n) is 13.3. The molecule has 0 spiro atoms. The molecule has 1 unspecified atom stereocenters. The van der Waals surface area contributed by atoms with Crippen LogP contribution in [0.3, 0.4) is 0 Å². The zero-order valence-corrected chi connectivity index (χ0v) is 13.3. The molecule has 24 heavy (non-hydrogen) atoms. The van der Waals surface area contributed by atoms with Crippen molar-refractivity contribution in [3.8, 4) is 0 Å². The van der Waals surface area contributed by atoms with Crippen LogP contribution in [0.1, 0.15) is 34.1 Å². The molecular weight excluding hydrogens is 320 g/mol. The first-order valence-electron chi connectivity index (χ1n) is 7.30. The Labute approximate surface area is 138 Å². The van der Waals surface area contributed by atoms with E-state index in [4.69, 9.17) is 24.4 Å². The number of carboxylic acid groups (broad SMARTS) is 1. The van der Waals surface area contributed by atoms with Gasteiger partial charge >= 0.3 is 17.9 Å². The van der Waals surface area contributed by atoms with Crippen molar-refractivity contribution in [1.29, 1.82) is 0 Å². The molecule has 0 heterocycles. The van der Waals surface area contributed by atoms with E-state index in [1.807, 2.05) is 0 Å². The standard InChI is InChI=1S/C16H20O8/c1-11(18)22-8-6-14(23-9-7-17)10-24-16(21)13-4-2-12(3-5-13)15(19)20/h2-5,14,17H,6-10H2,1H3,(H,19,20). The minimum atomic E-state index is -1.09. The van der Waals surface area contributed by atoms with E-state index in [9.17, 15) is 14.4 Å². The van der Waals surface area contributed by atoms with Gasteiger partial charge in [-0.3, -0.25) is 4.79 Å². The lowest BCUT2D eigenvalue weighted by atomic mass is 10.1. The lowest BCUT2D eigenvalue weighted by Crippen LogP contribution is -2.25. The van der Waals surface area contributed by atoms with Gasteiger partial charge in [0, 0.05) is 13.3 Å². The van der Waals surface area contributed by atoms with Gasteiger partial charge in [0.2, 0.25) is 0 Å². The van der Waals surface area contributed by atoms with Crippen LogP contribution in [0.2, 0.25) is 0 Å². The van der Waals surface area contributed by atoms with Gasteiger partial charge in [-0.25, -0.2) is 9.59 Å². The molecular formula is C16H20O8. The molecule has 8 heteroatoms. The maximum Gasteiger partial charge on any atom is 0.338 e. The molecule has 132 valence electrons. The Balaban J connectivity index is 2.52. The highest BCUT2D eigenvalue weighted by atomic mass is 16.6. The SMILES string of the molecule is CC(=O)OCCC(COC(=O)c1ccc(C(=O)O)cc1)OCCO. The molecule has 0 radical (unpaired) electrons. The van der Waals surface area contributed by atoms with E-state index in [-0.39, 0.29) is 37.6 Å². The van der Waals surface area contributed by atoms with Crippen LogP contribution in [0.15, 0.2) is 24.3 Å². The van der Waals surface area contributed by atoms with E-state index >= 15 is 0 Å². The molecule has 1 aromatic rings. The average Bonchev–Trinajstić information content (AvgIpc) is 2.56. The van der Waals surface area contributed by atoms with Crippen molar-refractivity contribution >= 4 is 17.9 Å². The number of aliphatic hydroxyl groups excluding tert-OH is 1. The third-order valence-corrected chi connectivity index (χ3v) is 2.96. The van der Waals surface area contributed by atoms with Gasteiger partial charge < -0.3 is 24.4 Å². The first-order valence-corrected chi connectivity index (χ1v) is 7.30. The van der Waals surface area contributed by atoms with Crippen LogP contribution in [0, 0.1) is 0 Å². The van der Waals surface area contributed by atoms with E-state index in [0.29, 0.717) is 6.42 Å². The van der Waals surface area contributed by atoms with E-state index in [2.05, 4.69) is 0 Å². The fourth-order valence-electron chi connectivity index (χ4n) is 1.77. The van der Waals surface area contributed by atoms with Crippen LogP contribution in [-0.2, 0) is 19.0 Å². The Morgan fingerprint density at radius 1 is 1.04 bits per heavy atom. The van der Waals surface area contributed by atoms with Gasteiger partial charge in [-0.15, -0.1) is 0 Å². The summed E-state index contributed by atoms with van der Waals surface area (Å²) in [6.45, 7) is 1.19. The summed E-state index contributed by atoms with van der Waals surface area (Å²) in [5, 5.41) is 17.6. The maximum absolute atomic E-state index is 11.9. The largest absolute Gasteiger partial charge is 0.478 e. The molecule has 8 nitrogen and oxygen atoms in total. The first kappa shape index (κ1) is 19.6. The summed E-state index contributed by atoms with van der Waals surface area (Å²) in [5.74, 6) is -2.14. The van der Waals surface area contributed by atoms with Gasteiger partial charge in [0.05, 0.1) is 37.1 Å². The number of benzene rings is 1. The third-order valence-electron chi connectivity index (χ3n) is 2.96. The number of aliphatic hydroxyl groups is 1. The fraction of sp³-hybridized carbons (Fsp3) is 0.438. The van der Waals surface area contributed by atoms with E-state index in [0.717, 1.165) is 0 Å². The summed E-state index contributed by atoms with van der Waals surface area (Å²) in [6.07, 6.45) is -0.219. The molecule has 2 N–H and O–H groups in total. The summed E-state index contributed by atoms with van der Waals surface area (Å²) in [7, 11) is 0. The van der Waals surface area contributed by atoms with Crippen molar-refractivity contribution in [2.45, 2.75) is 19.4 Å². The monoisotopic (exact) mass is 340 g/mol. The van der Waals surface area contributed by atoms with Gasteiger partial charge in [0.1, 0.15) is 6.61 Å². The molecule has 0 aliphatic carbocycles. The van der Waals surface area contributed by atoms with Crippen molar-refractivity contribution < 1.29 is 38.8 Å². The number of hydrogen-bond donors (Lipinski definition) is 2. The number of carboxylic acids is 1. The van der Waals surface area contributed by atoms with Gasteiger partial charge in [-0.05, 0) is 24.3 Å².